The summed E-state index contributed by atoms with van der Waals surface area (Å²) in [4.78, 5) is 21.7. The summed E-state index contributed by atoms with van der Waals surface area (Å²) in [6.45, 7) is 4.49. The summed E-state index contributed by atoms with van der Waals surface area (Å²) in [6.07, 6.45) is 0.987. The van der Waals surface area contributed by atoms with Crippen LogP contribution in [-0.4, -0.2) is 11.9 Å². The molecule has 5 heteroatoms. The smallest absolute Gasteiger partial charge is 0.335 e. The van der Waals surface area contributed by atoms with Gasteiger partial charge in [-0.15, -0.1) is 0 Å². The lowest BCUT2D eigenvalue weighted by Gasteiger charge is -2.06. The zero-order chi connectivity index (χ0) is 17.1. The van der Waals surface area contributed by atoms with Crippen molar-refractivity contribution in [3.05, 3.63) is 72.8 Å². The number of ether oxygens (including phenoxy) is 2. The Morgan fingerprint density at radius 2 is 1.65 bits per heavy atom. The Hall–Kier alpha value is -3.39. The minimum atomic E-state index is -0.665. The summed E-state index contributed by atoms with van der Waals surface area (Å²) < 4.78 is 9.62. The van der Waals surface area contributed by atoms with Crippen molar-refractivity contribution in [2.45, 2.75) is 6.92 Å². The lowest BCUT2D eigenvalue weighted by Crippen LogP contribution is -2.05. The Balaban J connectivity index is 0.000000366. The van der Waals surface area contributed by atoms with Gasteiger partial charge in [0, 0.05) is 19.1 Å². The molecule has 0 saturated carbocycles. The number of esters is 2. The molecule has 23 heavy (non-hydrogen) atoms. The number of hydrogen-bond acceptors (Lipinski definition) is 5. The van der Waals surface area contributed by atoms with Crippen LogP contribution >= 0.6 is 0 Å². The molecule has 0 aliphatic rings. The van der Waals surface area contributed by atoms with Gasteiger partial charge in [0.2, 0.25) is 0 Å². The summed E-state index contributed by atoms with van der Waals surface area (Å²) in [5.41, 5.74) is 0.0963. The van der Waals surface area contributed by atoms with Crippen LogP contribution in [0.1, 0.15) is 12.5 Å². The highest BCUT2D eigenvalue weighted by Gasteiger charge is 2.09. The molecule has 0 unspecified atom stereocenters. The Kier molecular flexibility index (Phi) is 7.32. The first-order chi connectivity index (χ1) is 11.1. The van der Waals surface area contributed by atoms with Crippen molar-refractivity contribution in [3.8, 4) is 17.6 Å². The monoisotopic (exact) mass is 309 g/mol. The van der Waals surface area contributed by atoms with Gasteiger partial charge in [-0.1, -0.05) is 43.0 Å². The molecule has 0 bridgehead atoms. The maximum atomic E-state index is 11.0. The molecule has 0 fully saturated rings. The van der Waals surface area contributed by atoms with Crippen LogP contribution in [0, 0.1) is 11.3 Å². The predicted molar refractivity (Wildman–Crippen MR) is 84.7 cm³/mol. The fourth-order valence-electron chi connectivity index (χ4n) is 1.45. The van der Waals surface area contributed by atoms with E-state index in [-0.39, 0.29) is 17.1 Å². The second kappa shape index (κ2) is 9.53. The van der Waals surface area contributed by atoms with Gasteiger partial charge in [-0.3, -0.25) is 4.79 Å². The summed E-state index contributed by atoms with van der Waals surface area (Å²) >= 11 is 0. The minimum absolute atomic E-state index is 0.0910. The van der Waals surface area contributed by atoms with Crippen molar-refractivity contribution >= 4 is 11.9 Å². The van der Waals surface area contributed by atoms with Gasteiger partial charge in [0.25, 0.3) is 0 Å². The third kappa shape index (κ3) is 6.74. The van der Waals surface area contributed by atoms with Gasteiger partial charge in [0.05, 0.1) is 5.56 Å². The van der Waals surface area contributed by atoms with Crippen molar-refractivity contribution in [1.29, 1.82) is 5.26 Å². The summed E-state index contributed by atoms with van der Waals surface area (Å²) in [6, 6.07) is 17.9. The molecular formula is C18H15NO4. The summed E-state index contributed by atoms with van der Waals surface area (Å²) in [7, 11) is 0. The van der Waals surface area contributed by atoms with Crippen LogP contribution in [0.25, 0.3) is 0 Å². The number of carbonyl (C=O) groups is 2. The van der Waals surface area contributed by atoms with E-state index >= 15 is 0 Å². The molecule has 0 heterocycles. The molecule has 0 N–H and O–H groups in total. The molecule has 0 amide bonds. The third-order valence-corrected chi connectivity index (χ3v) is 2.38. The van der Waals surface area contributed by atoms with E-state index in [0.29, 0.717) is 0 Å². The van der Waals surface area contributed by atoms with Crippen molar-refractivity contribution < 1.29 is 19.1 Å². The van der Waals surface area contributed by atoms with Crippen molar-refractivity contribution in [2.24, 2.45) is 0 Å². The molecule has 2 aromatic carbocycles. The van der Waals surface area contributed by atoms with Crippen LogP contribution in [0.2, 0.25) is 0 Å². The Bertz CT molecular complexity index is 691. The molecule has 0 aliphatic heterocycles. The van der Waals surface area contributed by atoms with Crippen LogP contribution in [0.3, 0.4) is 0 Å². The molecule has 2 rings (SSSR count). The maximum absolute atomic E-state index is 11.0. The van der Waals surface area contributed by atoms with Gasteiger partial charge in [0.15, 0.2) is 0 Å². The number of nitriles is 1. The van der Waals surface area contributed by atoms with E-state index in [0.717, 1.165) is 6.08 Å². The lowest BCUT2D eigenvalue weighted by molar-refractivity contribution is -0.132. The van der Waals surface area contributed by atoms with Gasteiger partial charge >= 0.3 is 11.9 Å². The van der Waals surface area contributed by atoms with Crippen LogP contribution < -0.4 is 9.47 Å². The predicted octanol–water partition coefficient (Wildman–Crippen LogP) is 3.26. The van der Waals surface area contributed by atoms with Crippen LogP contribution in [-0.2, 0) is 9.59 Å². The molecule has 0 spiro atoms. The van der Waals surface area contributed by atoms with Gasteiger partial charge < -0.3 is 9.47 Å². The summed E-state index contributed by atoms with van der Waals surface area (Å²) in [5.74, 6) is -0.854. The Morgan fingerprint density at radius 1 is 1.09 bits per heavy atom. The van der Waals surface area contributed by atoms with Crippen molar-refractivity contribution in [1.82, 2.24) is 0 Å². The lowest BCUT2D eigenvalue weighted by atomic mass is 10.2. The van der Waals surface area contributed by atoms with Crippen LogP contribution in [0.5, 0.6) is 11.5 Å². The van der Waals surface area contributed by atoms with Gasteiger partial charge in [-0.05, 0) is 12.1 Å². The van der Waals surface area contributed by atoms with E-state index in [1.165, 1.54) is 25.1 Å². The first kappa shape index (κ1) is 17.7. The molecule has 0 aromatic heterocycles. The minimum Gasteiger partial charge on any atom is -0.427 e. The molecule has 0 radical (unpaired) electrons. The quantitative estimate of drug-likeness (QED) is 0.494. The molecule has 0 aliphatic carbocycles. The summed E-state index contributed by atoms with van der Waals surface area (Å²) in [5, 5.41) is 8.85. The normalized spacial score (nSPS) is 8.70. The first-order valence-electron chi connectivity index (χ1n) is 6.63. The number of hydrogen-bond donors (Lipinski definition) is 0. The van der Waals surface area contributed by atoms with E-state index in [4.69, 9.17) is 14.7 Å². The van der Waals surface area contributed by atoms with Crippen molar-refractivity contribution in [2.75, 3.05) is 0 Å². The number of carbonyl (C=O) groups excluding carboxylic acids is 2. The molecule has 0 atom stereocenters. The average molecular weight is 309 g/mol. The molecule has 0 saturated heterocycles. The highest BCUT2D eigenvalue weighted by atomic mass is 16.5. The number of benzene rings is 2. The van der Waals surface area contributed by atoms with E-state index in [1.807, 2.05) is 42.5 Å². The zero-order valence-electron chi connectivity index (χ0n) is 12.6. The van der Waals surface area contributed by atoms with Crippen LogP contribution in [0.15, 0.2) is 67.3 Å². The third-order valence-electron chi connectivity index (χ3n) is 2.38. The van der Waals surface area contributed by atoms with Gasteiger partial charge in [-0.2, -0.15) is 5.26 Å². The molecule has 2 aromatic rings. The largest absolute Gasteiger partial charge is 0.427 e. The second-order valence-electron chi connectivity index (χ2n) is 4.14. The molecule has 116 valence electrons. The standard InChI is InChI=1S/C12H9NO4.C6H6/c1-3-12(15)17-11-5-4-10(16-8(2)14)6-9(11)7-13;1-2-4-6-5-3-1/h3-6H,1H2,2H3;1-6H. The van der Waals surface area contributed by atoms with Gasteiger partial charge in [0.1, 0.15) is 17.6 Å². The van der Waals surface area contributed by atoms with Crippen molar-refractivity contribution in [3.63, 3.8) is 0 Å². The molecule has 5 nitrogen and oxygen atoms in total. The Morgan fingerprint density at radius 3 is 2.09 bits per heavy atom. The van der Waals surface area contributed by atoms with E-state index in [1.54, 1.807) is 0 Å². The van der Waals surface area contributed by atoms with Gasteiger partial charge in [-0.25, -0.2) is 4.79 Å². The SMILES string of the molecule is C=CC(=O)Oc1ccc(OC(C)=O)cc1C#N.c1ccccc1. The highest BCUT2D eigenvalue weighted by molar-refractivity contribution is 5.83. The highest BCUT2D eigenvalue weighted by Crippen LogP contribution is 2.23. The van der Waals surface area contributed by atoms with E-state index < -0.39 is 11.9 Å². The molecular weight excluding hydrogens is 294 g/mol. The first-order valence-corrected chi connectivity index (χ1v) is 6.63. The van der Waals surface area contributed by atoms with E-state index in [9.17, 15) is 9.59 Å². The zero-order valence-corrected chi connectivity index (χ0v) is 12.6. The van der Waals surface area contributed by atoms with Crippen LogP contribution in [0.4, 0.5) is 0 Å². The average Bonchev–Trinajstić information content (AvgIpc) is 2.57. The second-order valence-corrected chi connectivity index (χ2v) is 4.14. The Labute approximate surface area is 134 Å². The number of rotatable bonds is 3. The van der Waals surface area contributed by atoms with E-state index in [2.05, 4.69) is 6.58 Å². The number of nitrogens with zero attached hydrogens (tertiary/aromatic N) is 1. The fourth-order valence-corrected chi connectivity index (χ4v) is 1.45. The fraction of sp³-hybridized carbons (Fsp3) is 0.0556. The topological polar surface area (TPSA) is 76.4 Å². The maximum Gasteiger partial charge on any atom is 0.335 e.